The Morgan fingerprint density at radius 1 is 1.00 bits per heavy atom. The SMILES string of the molecule is O=C(CCNC(=O)c1ccc(F)cc1F)NNc1c(Cl)cc(Cl)cc1Cl. The first-order valence-corrected chi connectivity index (χ1v) is 8.34. The lowest BCUT2D eigenvalue weighted by Gasteiger charge is -2.12. The van der Waals surface area contributed by atoms with Crippen molar-refractivity contribution >= 4 is 52.3 Å². The lowest BCUT2D eigenvalue weighted by molar-refractivity contribution is -0.120. The van der Waals surface area contributed by atoms with Crippen LogP contribution in [0.3, 0.4) is 0 Å². The van der Waals surface area contributed by atoms with Gasteiger partial charge in [-0.15, -0.1) is 0 Å². The smallest absolute Gasteiger partial charge is 0.254 e. The van der Waals surface area contributed by atoms with Gasteiger partial charge in [-0.1, -0.05) is 34.8 Å². The third-order valence-corrected chi connectivity index (χ3v) is 3.96. The van der Waals surface area contributed by atoms with E-state index < -0.39 is 23.4 Å². The molecule has 3 N–H and O–H groups in total. The fourth-order valence-corrected chi connectivity index (χ4v) is 2.83. The van der Waals surface area contributed by atoms with Crippen molar-refractivity contribution in [3.63, 3.8) is 0 Å². The molecule has 0 saturated carbocycles. The van der Waals surface area contributed by atoms with Crippen LogP contribution in [-0.4, -0.2) is 18.4 Å². The predicted octanol–water partition coefficient (Wildman–Crippen LogP) is 4.19. The van der Waals surface area contributed by atoms with Crippen molar-refractivity contribution in [2.75, 3.05) is 12.0 Å². The number of hydrogen-bond donors (Lipinski definition) is 3. The highest BCUT2D eigenvalue weighted by molar-refractivity contribution is 6.41. The summed E-state index contributed by atoms with van der Waals surface area (Å²) >= 11 is 17.7. The fraction of sp³-hybridized carbons (Fsp3) is 0.125. The summed E-state index contributed by atoms with van der Waals surface area (Å²) in [5, 5.41) is 3.12. The second kappa shape index (κ2) is 9.02. The largest absolute Gasteiger partial charge is 0.351 e. The minimum atomic E-state index is -0.986. The molecule has 0 aromatic heterocycles. The molecule has 0 spiro atoms. The standard InChI is InChI=1S/C16H12Cl3F2N3O2/c17-8-5-11(18)15(12(19)6-8)24-23-14(25)3-4-22-16(26)10-2-1-9(20)7-13(10)21/h1-2,5-7,24H,3-4H2,(H,22,26)(H,23,25). The highest BCUT2D eigenvalue weighted by Crippen LogP contribution is 2.33. The quantitative estimate of drug-likeness (QED) is 0.612. The van der Waals surface area contributed by atoms with E-state index in [1.807, 2.05) is 0 Å². The zero-order valence-corrected chi connectivity index (χ0v) is 15.3. The zero-order chi connectivity index (χ0) is 19.3. The van der Waals surface area contributed by atoms with Crippen LogP contribution in [0.4, 0.5) is 14.5 Å². The van der Waals surface area contributed by atoms with Gasteiger partial charge >= 0.3 is 0 Å². The van der Waals surface area contributed by atoms with Crippen molar-refractivity contribution in [3.8, 4) is 0 Å². The average molecular weight is 423 g/mol. The van der Waals surface area contributed by atoms with Crippen LogP contribution in [0, 0.1) is 11.6 Å². The monoisotopic (exact) mass is 421 g/mol. The topological polar surface area (TPSA) is 70.2 Å². The van der Waals surface area contributed by atoms with Crippen LogP contribution in [-0.2, 0) is 4.79 Å². The maximum Gasteiger partial charge on any atom is 0.254 e. The van der Waals surface area contributed by atoms with Gasteiger partial charge in [-0.25, -0.2) is 8.78 Å². The average Bonchev–Trinajstić information content (AvgIpc) is 2.53. The first-order chi connectivity index (χ1) is 12.3. The molecule has 0 atom stereocenters. The predicted molar refractivity (Wildman–Crippen MR) is 96.5 cm³/mol. The molecule has 26 heavy (non-hydrogen) atoms. The highest BCUT2D eigenvalue weighted by Gasteiger charge is 2.13. The summed E-state index contributed by atoms with van der Waals surface area (Å²) in [6.07, 6.45) is -0.107. The Morgan fingerprint density at radius 3 is 2.27 bits per heavy atom. The van der Waals surface area contributed by atoms with Crippen LogP contribution in [0.5, 0.6) is 0 Å². The minimum Gasteiger partial charge on any atom is -0.351 e. The molecule has 5 nitrogen and oxygen atoms in total. The zero-order valence-electron chi connectivity index (χ0n) is 13.0. The molecule has 0 radical (unpaired) electrons. The third kappa shape index (κ3) is 5.45. The molecule has 10 heteroatoms. The van der Waals surface area contributed by atoms with Crippen molar-refractivity contribution in [2.24, 2.45) is 0 Å². The number of benzene rings is 2. The number of hydrogen-bond acceptors (Lipinski definition) is 3. The highest BCUT2D eigenvalue weighted by atomic mass is 35.5. The number of carbonyl (C=O) groups is 2. The molecule has 2 aromatic carbocycles. The summed E-state index contributed by atoms with van der Waals surface area (Å²) in [7, 11) is 0. The van der Waals surface area contributed by atoms with Crippen LogP contribution < -0.4 is 16.2 Å². The summed E-state index contributed by atoms with van der Waals surface area (Å²) in [6, 6.07) is 5.48. The molecule has 0 aliphatic carbocycles. The molecule has 2 aromatic rings. The Kier molecular flexibility index (Phi) is 7.02. The van der Waals surface area contributed by atoms with Crippen molar-refractivity contribution in [3.05, 3.63) is 62.6 Å². The second-order valence-electron chi connectivity index (χ2n) is 5.05. The Bertz CT molecular complexity index is 826. The van der Waals surface area contributed by atoms with Crippen molar-refractivity contribution in [2.45, 2.75) is 6.42 Å². The van der Waals surface area contributed by atoms with E-state index in [4.69, 9.17) is 34.8 Å². The van der Waals surface area contributed by atoms with Crippen LogP contribution >= 0.6 is 34.8 Å². The number of rotatable bonds is 6. The molecule has 0 fully saturated rings. The van der Waals surface area contributed by atoms with Crippen LogP contribution in [0.1, 0.15) is 16.8 Å². The number of anilines is 1. The first-order valence-electron chi connectivity index (χ1n) is 7.20. The fourth-order valence-electron chi connectivity index (χ4n) is 1.91. The van der Waals surface area contributed by atoms with Crippen molar-refractivity contribution in [1.82, 2.24) is 10.7 Å². The molecule has 0 aliphatic rings. The second-order valence-corrected chi connectivity index (χ2v) is 6.30. The summed E-state index contributed by atoms with van der Waals surface area (Å²) < 4.78 is 26.3. The van der Waals surface area contributed by atoms with E-state index in [9.17, 15) is 18.4 Å². The van der Waals surface area contributed by atoms with Gasteiger partial charge in [0.2, 0.25) is 5.91 Å². The molecule has 0 aliphatic heterocycles. The van der Waals surface area contributed by atoms with Gasteiger partial charge in [0.1, 0.15) is 11.6 Å². The Morgan fingerprint density at radius 2 is 1.65 bits per heavy atom. The molecule has 0 unspecified atom stereocenters. The van der Waals surface area contributed by atoms with Gasteiger partial charge in [0, 0.05) is 24.1 Å². The maximum absolute atomic E-state index is 13.5. The van der Waals surface area contributed by atoms with Crippen LogP contribution in [0.25, 0.3) is 0 Å². The van der Waals surface area contributed by atoms with Gasteiger partial charge in [-0.05, 0) is 24.3 Å². The van der Waals surface area contributed by atoms with Crippen molar-refractivity contribution in [1.29, 1.82) is 0 Å². The summed E-state index contributed by atoms with van der Waals surface area (Å²) in [5.74, 6) is -3.01. The van der Waals surface area contributed by atoms with E-state index in [-0.39, 0.29) is 34.3 Å². The molecular formula is C16H12Cl3F2N3O2. The van der Waals surface area contributed by atoms with Gasteiger partial charge in [-0.2, -0.15) is 0 Å². The molecule has 0 saturated heterocycles. The van der Waals surface area contributed by atoms with Crippen molar-refractivity contribution < 1.29 is 18.4 Å². The van der Waals surface area contributed by atoms with E-state index in [2.05, 4.69) is 16.2 Å². The molecule has 2 rings (SSSR count). The Balaban J connectivity index is 1.81. The number of amides is 2. The minimum absolute atomic E-state index is 0.0642. The van der Waals surface area contributed by atoms with Gasteiger partial charge in [0.05, 0.1) is 21.3 Å². The summed E-state index contributed by atoms with van der Waals surface area (Å²) in [4.78, 5) is 23.6. The molecule has 0 bridgehead atoms. The Hall–Kier alpha value is -2.09. The van der Waals surface area contributed by atoms with Gasteiger partial charge in [0.25, 0.3) is 5.91 Å². The number of nitrogens with one attached hydrogen (secondary N) is 3. The molecular weight excluding hydrogens is 411 g/mol. The normalized spacial score (nSPS) is 10.3. The lowest BCUT2D eigenvalue weighted by Crippen LogP contribution is -2.34. The van der Waals surface area contributed by atoms with Crippen LogP contribution in [0.15, 0.2) is 30.3 Å². The number of hydrazine groups is 1. The van der Waals surface area contributed by atoms with E-state index in [0.717, 1.165) is 12.1 Å². The first kappa shape index (κ1) is 20.2. The van der Waals surface area contributed by atoms with Gasteiger partial charge in [-0.3, -0.25) is 20.4 Å². The molecule has 2 amide bonds. The maximum atomic E-state index is 13.5. The van der Waals surface area contributed by atoms with E-state index >= 15 is 0 Å². The van der Waals surface area contributed by atoms with E-state index in [0.29, 0.717) is 11.1 Å². The lowest BCUT2D eigenvalue weighted by atomic mass is 10.2. The number of halogens is 5. The van der Waals surface area contributed by atoms with Gasteiger partial charge < -0.3 is 5.32 Å². The van der Waals surface area contributed by atoms with E-state index in [1.54, 1.807) is 0 Å². The Labute approximate surface area is 162 Å². The summed E-state index contributed by atoms with van der Waals surface area (Å²) in [5.41, 5.74) is 4.87. The summed E-state index contributed by atoms with van der Waals surface area (Å²) in [6.45, 7) is -0.0642. The van der Waals surface area contributed by atoms with Crippen LogP contribution in [0.2, 0.25) is 15.1 Å². The molecule has 138 valence electrons. The van der Waals surface area contributed by atoms with E-state index in [1.165, 1.54) is 12.1 Å². The molecule has 0 heterocycles. The van der Waals surface area contributed by atoms with Gasteiger partial charge in [0.15, 0.2) is 0 Å². The number of carbonyl (C=O) groups excluding carboxylic acids is 2. The third-order valence-electron chi connectivity index (χ3n) is 3.15.